The highest BCUT2D eigenvalue weighted by Gasteiger charge is 2.40. The van der Waals surface area contributed by atoms with Crippen molar-refractivity contribution in [2.75, 3.05) is 19.7 Å². The molecule has 8 atom stereocenters. The Morgan fingerprint density at radius 1 is 0.706 bits per heavy atom. The normalized spacial score (nSPS) is 16.4. The molecule has 16 N–H and O–H groups in total. The SMILES string of the molecule is CC(C)C[C@H](NC(=O)[C@@H](N)CO)C(=O)N[C@@H](CCCN=C(N)N)C(=O)N[C@H](C(=O)N[C@@H](CCC(=O)O)C(=O)N[C@@H](Cc1ccccc1)C(=O)N[C@@H](CC(=O)O)C(=O)N1CCC[C@H]1C(=O)O)C(C)C. The Hall–Kier alpha value is -6.89. The van der Waals surface area contributed by atoms with Crippen LogP contribution in [0.3, 0.4) is 0 Å². The monoisotopic (exact) mass is 961 g/mol. The van der Waals surface area contributed by atoms with Crippen molar-refractivity contribution < 1.29 is 68.4 Å². The van der Waals surface area contributed by atoms with Gasteiger partial charge in [-0.3, -0.25) is 48.1 Å². The molecule has 2 rings (SSSR count). The van der Waals surface area contributed by atoms with Crippen molar-refractivity contribution in [3.05, 3.63) is 35.9 Å². The molecule has 0 aliphatic carbocycles. The number of carbonyl (C=O) groups excluding carboxylic acids is 7. The van der Waals surface area contributed by atoms with E-state index in [0.717, 1.165) is 4.90 Å². The Labute approximate surface area is 393 Å². The van der Waals surface area contributed by atoms with Crippen molar-refractivity contribution >= 4 is 65.2 Å². The van der Waals surface area contributed by atoms with Crippen LogP contribution in [0.4, 0.5) is 0 Å². The zero-order valence-corrected chi connectivity index (χ0v) is 38.6. The second-order valence-corrected chi connectivity index (χ2v) is 17.2. The fourth-order valence-corrected chi connectivity index (χ4v) is 7.16. The topological polar surface area (TPSA) is 417 Å². The second-order valence-electron chi connectivity index (χ2n) is 17.2. The van der Waals surface area contributed by atoms with Gasteiger partial charge in [0, 0.05) is 25.9 Å². The van der Waals surface area contributed by atoms with E-state index in [1.54, 1.807) is 58.0 Å². The van der Waals surface area contributed by atoms with E-state index in [4.69, 9.17) is 17.2 Å². The molecular formula is C43H67N11O14. The third-order valence-electron chi connectivity index (χ3n) is 10.7. The number of nitrogens with two attached hydrogens (primary N) is 3. The summed E-state index contributed by atoms with van der Waals surface area (Å²) in [5.41, 5.74) is 17.0. The van der Waals surface area contributed by atoms with Gasteiger partial charge in [-0.1, -0.05) is 58.0 Å². The number of carbonyl (C=O) groups is 10. The minimum atomic E-state index is -1.75. The molecule has 1 aromatic carbocycles. The molecular weight excluding hydrogens is 895 g/mol. The molecule has 0 aromatic heterocycles. The first-order chi connectivity index (χ1) is 31.9. The number of aliphatic hydroxyl groups excluding tert-OH is 1. The Morgan fingerprint density at radius 3 is 1.81 bits per heavy atom. The van der Waals surface area contributed by atoms with E-state index >= 15 is 0 Å². The average molecular weight is 962 g/mol. The number of guanidine groups is 1. The van der Waals surface area contributed by atoms with Gasteiger partial charge in [-0.15, -0.1) is 0 Å². The first-order valence-corrected chi connectivity index (χ1v) is 22.2. The summed E-state index contributed by atoms with van der Waals surface area (Å²) in [6, 6.07) is -3.40. The number of amides is 7. The van der Waals surface area contributed by atoms with E-state index in [-0.39, 0.29) is 57.1 Å². The van der Waals surface area contributed by atoms with Gasteiger partial charge >= 0.3 is 17.9 Å². The molecule has 0 spiro atoms. The van der Waals surface area contributed by atoms with Crippen molar-refractivity contribution in [2.24, 2.45) is 34.0 Å². The molecule has 25 heteroatoms. The van der Waals surface area contributed by atoms with Gasteiger partial charge in [0.15, 0.2) is 5.96 Å². The Kier molecular flexibility index (Phi) is 23.8. The van der Waals surface area contributed by atoms with Crippen LogP contribution >= 0.6 is 0 Å². The number of aliphatic carboxylic acids is 3. The Morgan fingerprint density at radius 2 is 1.25 bits per heavy atom. The highest BCUT2D eigenvalue weighted by Crippen LogP contribution is 2.20. The van der Waals surface area contributed by atoms with Gasteiger partial charge in [0.05, 0.1) is 13.0 Å². The maximum absolute atomic E-state index is 14.1. The number of carboxylic acids is 3. The van der Waals surface area contributed by atoms with E-state index in [0.29, 0.717) is 12.0 Å². The second kappa shape index (κ2) is 28.3. The van der Waals surface area contributed by atoms with Crippen LogP contribution in [0, 0.1) is 11.8 Å². The van der Waals surface area contributed by atoms with Gasteiger partial charge in [0.25, 0.3) is 0 Å². The quantitative estimate of drug-likeness (QED) is 0.0212. The minimum absolute atomic E-state index is 0.0103. The molecule has 378 valence electrons. The first kappa shape index (κ1) is 57.2. The fourth-order valence-electron chi connectivity index (χ4n) is 7.16. The largest absolute Gasteiger partial charge is 0.481 e. The maximum atomic E-state index is 14.1. The lowest BCUT2D eigenvalue weighted by Gasteiger charge is -2.30. The summed E-state index contributed by atoms with van der Waals surface area (Å²) in [5, 5.41) is 53.1. The van der Waals surface area contributed by atoms with Crippen molar-refractivity contribution in [2.45, 2.75) is 134 Å². The van der Waals surface area contributed by atoms with E-state index in [9.17, 15) is 68.4 Å². The third-order valence-corrected chi connectivity index (χ3v) is 10.7. The first-order valence-electron chi connectivity index (χ1n) is 22.2. The summed E-state index contributed by atoms with van der Waals surface area (Å²) >= 11 is 0. The summed E-state index contributed by atoms with van der Waals surface area (Å²) < 4.78 is 0. The molecule has 1 aliphatic heterocycles. The van der Waals surface area contributed by atoms with Crippen LogP contribution in [0.15, 0.2) is 35.3 Å². The predicted molar refractivity (Wildman–Crippen MR) is 242 cm³/mol. The highest BCUT2D eigenvalue weighted by molar-refractivity contribution is 5.98. The van der Waals surface area contributed by atoms with Crippen LogP contribution < -0.4 is 49.1 Å². The van der Waals surface area contributed by atoms with Crippen molar-refractivity contribution in [3.8, 4) is 0 Å². The number of hydrogen-bond donors (Lipinski definition) is 13. The zero-order valence-electron chi connectivity index (χ0n) is 38.6. The average Bonchev–Trinajstić information content (AvgIpc) is 3.77. The van der Waals surface area contributed by atoms with Gasteiger partial charge in [0.1, 0.15) is 48.3 Å². The number of nitrogens with zero attached hydrogens (tertiary/aromatic N) is 2. The Balaban J connectivity index is 2.45. The van der Waals surface area contributed by atoms with Crippen molar-refractivity contribution in [3.63, 3.8) is 0 Å². The smallest absolute Gasteiger partial charge is 0.326 e. The zero-order chi connectivity index (χ0) is 51.2. The number of likely N-dealkylation sites (tertiary alicyclic amines) is 1. The molecule has 25 nitrogen and oxygen atoms in total. The number of rotatable bonds is 29. The summed E-state index contributed by atoms with van der Waals surface area (Å²) in [4.78, 5) is 136. The van der Waals surface area contributed by atoms with Crippen LogP contribution in [0.5, 0.6) is 0 Å². The molecule has 7 amide bonds. The third kappa shape index (κ3) is 19.5. The summed E-state index contributed by atoms with van der Waals surface area (Å²) in [6.07, 6.45) is -1.78. The van der Waals surface area contributed by atoms with E-state index in [1.165, 1.54) is 0 Å². The number of hydrogen-bond acceptors (Lipinski definition) is 13. The molecule has 0 radical (unpaired) electrons. The molecule has 0 bridgehead atoms. The van der Waals surface area contributed by atoms with Crippen molar-refractivity contribution in [1.29, 1.82) is 0 Å². The Bertz CT molecular complexity index is 1960. The molecule has 1 heterocycles. The number of nitrogens with one attached hydrogen (secondary N) is 6. The molecule has 68 heavy (non-hydrogen) atoms. The van der Waals surface area contributed by atoms with Crippen LogP contribution in [0.1, 0.15) is 84.6 Å². The van der Waals surface area contributed by atoms with E-state index in [2.05, 4.69) is 36.9 Å². The molecule has 0 saturated carbocycles. The van der Waals surface area contributed by atoms with Crippen LogP contribution in [0.2, 0.25) is 0 Å². The molecule has 1 aliphatic rings. The number of aliphatic hydroxyl groups is 1. The van der Waals surface area contributed by atoms with Crippen LogP contribution in [-0.2, 0) is 54.4 Å². The molecule has 0 unspecified atom stereocenters. The highest BCUT2D eigenvalue weighted by atomic mass is 16.4. The lowest BCUT2D eigenvalue weighted by atomic mass is 9.99. The van der Waals surface area contributed by atoms with E-state index < -0.39 is 139 Å². The van der Waals surface area contributed by atoms with Gasteiger partial charge in [-0.25, -0.2) is 4.79 Å². The van der Waals surface area contributed by atoms with Crippen LogP contribution in [-0.4, -0.2) is 159 Å². The van der Waals surface area contributed by atoms with E-state index in [1.807, 2.05) is 0 Å². The standard InChI is InChI=1S/C43H67N11O14/c1-22(2)18-28(50-35(60)25(44)21-55)38(63)48-26(12-8-16-47-43(45)46)37(62)53-34(23(3)4)40(65)49-27(14-15-32(56)57)36(61)51-29(19-24-10-6-5-7-11-24)39(64)52-30(20-33(58)59)41(66)54-17-9-13-31(54)42(67)68/h5-7,10-11,22-23,25-31,34,55H,8-9,12-21,44H2,1-4H3,(H,48,63)(H,49,65)(H,50,60)(H,51,61)(H,52,64)(H,53,62)(H,56,57)(H,58,59)(H,67,68)(H4,45,46,47)/t25-,26-,27-,28-,29-,30-,31-,34-/m0/s1. The molecule has 1 saturated heterocycles. The predicted octanol–water partition coefficient (Wildman–Crippen LogP) is -3.37. The van der Waals surface area contributed by atoms with Crippen LogP contribution in [0.25, 0.3) is 0 Å². The van der Waals surface area contributed by atoms with Gasteiger partial charge in [-0.05, 0) is 55.9 Å². The van der Waals surface area contributed by atoms with Gasteiger partial charge in [0.2, 0.25) is 41.4 Å². The summed E-state index contributed by atoms with van der Waals surface area (Å²) in [5.74, 6) is -11.8. The lowest BCUT2D eigenvalue weighted by Crippen LogP contribution is -2.61. The minimum Gasteiger partial charge on any atom is -0.481 e. The van der Waals surface area contributed by atoms with Gasteiger partial charge in [-0.2, -0.15) is 0 Å². The molecule has 1 aromatic rings. The fraction of sp³-hybridized carbons (Fsp3) is 0.605. The lowest BCUT2D eigenvalue weighted by molar-refractivity contribution is -0.150. The number of carboxylic acid groups (broad SMARTS) is 3. The summed E-state index contributed by atoms with van der Waals surface area (Å²) in [7, 11) is 0. The van der Waals surface area contributed by atoms with Crippen molar-refractivity contribution in [1.82, 2.24) is 36.8 Å². The van der Waals surface area contributed by atoms with Gasteiger partial charge < -0.3 is 74.4 Å². The number of aliphatic imine (C=N–C) groups is 1. The summed E-state index contributed by atoms with van der Waals surface area (Å²) in [6.45, 7) is 5.99. The maximum Gasteiger partial charge on any atom is 0.326 e. The number of benzene rings is 1. The molecule has 1 fully saturated rings.